The summed E-state index contributed by atoms with van der Waals surface area (Å²) >= 11 is 0. The molecule has 1 aromatic carbocycles. The van der Waals surface area contributed by atoms with Gasteiger partial charge in [0, 0.05) is 31.1 Å². The van der Waals surface area contributed by atoms with E-state index >= 15 is 0 Å². The van der Waals surface area contributed by atoms with Gasteiger partial charge in [-0.2, -0.15) is 0 Å². The normalized spacial score (nSPS) is 17.9. The highest BCUT2D eigenvalue weighted by atomic mass is 35.5. The Bertz CT molecular complexity index is 759. The molecular weight excluding hydrogens is 366 g/mol. The maximum atomic E-state index is 5.57. The summed E-state index contributed by atoms with van der Waals surface area (Å²) in [6.07, 6.45) is 2.25. The maximum absolute atomic E-state index is 5.57. The smallest absolute Gasteiger partial charge is 0.165 e. The van der Waals surface area contributed by atoms with Crippen LogP contribution in [-0.2, 0) is 19.6 Å². The SMILES string of the molecule is COc1cccc(CN2CCC(c3nnc4n3CCNC4)CC2)c1OC.Cl. The van der Waals surface area contributed by atoms with Crippen molar-refractivity contribution < 1.29 is 9.47 Å². The molecular formula is C19H28ClN5O2. The molecule has 1 fully saturated rings. The van der Waals surface area contributed by atoms with Crippen LogP contribution in [0.5, 0.6) is 11.5 Å². The van der Waals surface area contributed by atoms with Gasteiger partial charge in [-0.15, -0.1) is 22.6 Å². The summed E-state index contributed by atoms with van der Waals surface area (Å²) in [5, 5.41) is 12.2. The van der Waals surface area contributed by atoms with Crippen LogP contribution in [0.1, 0.15) is 36.0 Å². The summed E-state index contributed by atoms with van der Waals surface area (Å²) in [5.41, 5.74) is 1.18. The van der Waals surface area contributed by atoms with Gasteiger partial charge in [0.05, 0.1) is 20.8 Å². The molecule has 4 rings (SSSR count). The molecule has 0 amide bonds. The first-order valence-electron chi connectivity index (χ1n) is 9.35. The fourth-order valence-corrected chi connectivity index (χ4v) is 4.09. The molecule has 27 heavy (non-hydrogen) atoms. The molecule has 0 aliphatic carbocycles. The molecule has 1 N–H and O–H groups in total. The van der Waals surface area contributed by atoms with Crippen molar-refractivity contribution in [2.75, 3.05) is 33.9 Å². The molecule has 0 radical (unpaired) electrons. The number of para-hydroxylation sites is 1. The van der Waals surface area contributed by atoms with E-state index in [2.05, 4.69) is 31.0 Å². The average Bonchev–Trinajstić information content (AvgIpc) is 3.12. The lowest BCUT2D eigenvalue weighted by Gasteiger charge is -2.32. The first-order chi connectivity index (χ1) is 12.8. The number of methoxy groups -OCH3 is 2. The van der Waals surface area contributed by atoms with Crippen molar-refractivity contribution in [1.82, 2.24) is 25.0 Å². The molecule has 2 aliphatic heterocycles. The molecule has 0 spiro atoms. The van der Waals surface area contributed by atoms with Gasteiger partial charge < -0.3 is 19.4 Å². The Morgan fingerprint density at radius 3 is 2.67 bits per heavy atom. The summed E-state index contributed by atoms with van der Waals surface area (Å²) < 4.78 is 13.3. The second-order valence-corrected chi connectivity index (χ2v) is 7.01. The van der Waals surface area contributed by atoms with Gasteiger partial charge in [0.25, 0.3) is 0 Å². The van der Waals surface area contributed by atoms with E-state index in [1.807, 2.05) is 12.1 Å². The Kier molecular flexibility index (Phi) is 6.57. The number of ether oxygens (including phenoxy) is 2. The van der Waals surface area contributed by atoms with Crippen LogP contribution in [-0.4, -0.2) is 53.5 Å². The van der Waals surface area contributed by atoms with Crippen LogP contribution in [0.3, 0.4) is 0 Å². The van der Waals surface area contributed by atoms with Crippen molar-refractivity contribution in [3.63, 3.8) is 0 Å². The molecule has 2 aromatic rings. The van der Waals surface area contributed by atoms with E-state index in [0.29, 0.717) is 5.92 Å². The Hall–Kier alpha value is -1.83. The number of fused-ring (bicyclic) bond motifs is 1. The van der Waals surface area contributed by atoms with E-state index < -0.39 is 0 Å². The molecule has 0 atom stereocenters. The van der Waals surface area contributed by atoms with Gasteiger partial charge in [0.1, 0.15) is 11.6 Å². The van der Waals surface area contributed by atoms with Crippen molar-refractivity contribution in [2.24, 2.45) is 0 Å². The number of nitrogens with zero attached hydrogens (tertiary/aromatic N) is 4. The van der Waals surface area contributed by atoms with Crippen LogP contribution < -0.4 is 14.8 Å². The third-order valence-corrected chi connectivity index (χ3v) is 5.48. The van der Waals surface area contributed by atoms with Gasteiger partial charge in [-0.3, -0.25) is 4.90 Å². The van der Waals surface area contributed by atoms with Gasteiger partial charge in [0.2, 0.25) is 0 Å². The first-order valence-corrected chi connectivity index (χ1v) is 9.35. The molecule has 0 saturated carbocycles. The van der Waals surface area contributed by atoms with E-state index in [9.17, 15) is 0 Å². The van der Waals surface area contributed by atoms with E-state index in [1.165, 1.54) is 11.4 Å². The highest BCUT2D eigenvalue weighted by Crippen LogP contribution is 2.33. The van der Waals surface area contributed by atoms with Gasteiger partial charge in [0.15, 0.2) is 11.5 Å². The number of halogens is 1. The monoisotopic (exact) mass is 393 g/mol. The summed E-state index contributed by atoms with van der Waals surface area (Å²) in [7, 11) is 3.39. The van der Waals surface area contributed by atoms with Crippen LogP contribution in [0.25, 0.3) is 0 Å². The molecule has 1 aromatic heterocycles. The minimum Gasteiger partial charge on any atom is -0.493 e. The van der Waals surface area contributed by atoms with Gasteiger partial charge in [-0.1, -0.05) is 12.1 Å². The van der Waals surface area contributed by atoms with Crippen LogP contribution in [0.15, 0.2) is 18.2 Å². The first kappa shape index (κ1) is 19.9. The molecule has 148 valence electrons. The van der Waals surface area contributed by atoms with Crippen LogP contribution in [0.4, 0.5) is 0 Å². The number of piperidine rings is 1. The third-order valence-electron chi connectivity index (χ3n) is 5.48. The third kappa shape index (κ3) is 4.05. The average molecular weight is 394 g/mol. The molecule has 8 heteroatoms. The lowest BCUT2D eigenvalue weighted by molar-refractivity contribution is 0.197. The lowest BCUT2D eigenvalue weighted by atomic mass is 9.95. The fourth-order valence-electron chi connectivity index (χ4n) is 4.09. The van der Waals surface area contributed by atoms with E-state index in [1.54, 1.807) is 14.2 Å². The van der Waals surface area contributed by atoms with Crippen molar-refractivity contribution in [1.29, 1.82) is 0 Å². The summed E-state index contributed by atoms with van der Waals surface area (Å²) in [4.78, 5) is 2.49. The predicted octanol–water partition coefficient (Wildman–Crippen LogP) is 2.20. The largest absolute Gasteiger partial charge is 0.493 e. The van der Waals surface area contributed by atoms with Crippen molar-refractivity contribution in [2.45, 2.75) is 38.4 Å². The van der Waals surface area contributed by atoms with Crippen LogP contribution in [0.2, 0.25) is 0 Å². The zero-order valence-electron chi connectivity index (χ0n) is 16.0. The summed E-state index contributed by atoms with van der Waals surface area (Å²) in [6, 6.07) is 6.09. The Labute approximate surface area is 166 Å². The number of hydrogen-bond donors (Lipinski definition) is 1. The van der Waals surface area contributed by atoms with E-state index in [4.69, 9.17) is 9.47 Å². The molecule has 0 bridgehead atoms. The van der Waals surface area contributed by atoms with Crippen LogP contribution >= 0.6 is 12.4 Å². The molecule has 3 heterocycles. The predicted molar refractivity (Wildman–Crippen MR) is 106 cm³/mol. The fraction of sp³-hybridized carbons (Fsp3) is 0.579. The zero-order chi connectivity index (χ0) is 17.9. The van der Waals surface area contributed by atoms with E-state index in [0.717, 1.165) is 69.4 Å². The minimum atomic E-state index is 0. The van der Waals surface area contributed by atoms with Crippen LogP contribution in [0, 0.1) is 0 Å². The van der Waals surface area contributed by atoms with Crippen molar-refractivity contribution >= 4 is 12.4 Å². The Balaban J connectivity index is 0.00000210. The molecule has 1 saturated heterocycles. The topological polar surface area (TPSA) is 64.4 Å². The number of rotatable bonds is 5. The molecule has 2 aliphatic rings. The number of aromatic nitrogens is 3. The maximum Gasteiger partial charge on any atom is 0.165 e. The summed E-state index contributed by atoms with van der Waals surface area (Å²) in [5.74, 6) is 4.41. The molecule has 0 unspecified atom stereocenters. The van der Waals surface area contributed by atoms with Crippen molar-refractivity contribution in [3.05, 3.63) is 35.4 Å². The molecule has 7 nitrogen and oxygen atoms in total. The standard InChI is InChI=1S/C19H27N5O2.ClH/c1-25-16-5-3-4-15(18(16)26-2)13-23-9-6-14(7-10-23)19-22-21-17-12-20-8-11-24(17)19;/h3-5,14,20H,6-13H2,1-2H3;1H. The zero-order valence-corrected chi connectivity index (χ0v) is 16.8. The number of hydrogen-bond acceptors (Lipinski definition) is 6. The van der Waals surface area contributed by atoms with Gasteiger partial charge in [-0.25, -0.2) is 0 Å². The van der Waals surface area contributed by atoms with E-state index in [-0.39, 0.29) is 12.4 Å². The summed E-state index contributed by atoms with van der Waals surface area (Å²) in [6.45, 7) is 5.83. The van der Waals surface area contributed by atoms with Gasteiger partial charge >= 0.3 is 0 Å². The quantitative estimate of drug-likeness (QED) is 0.840. The Morgan fingerprint density at radius 1 is 1.11 bits per heavy atom. The second-order valence-electron chi connectivity index (χ2n) is 7.01. The highest BCUT2D eigenvalue weighted by molar-refractivity contribution is 5.85. The second kappa shape index (κ2) is 8.91. The van der Waals surface area contributed by atoms with Gasteiger partial charge in [-0.05, 0) is 32.0 Å². The highest BCUT2D eigenvalue weighted by Gasteiger charge is 2.27. The number of likely N-dealkylation sites (tertiary alicyclic amines) is 1. The number of benzene rings is 1. The number of nitrogens with one attached hydrogen (secondary N) is 1. The minimum absolute atomic E-state index is 0. The lowest BCUT2D eigenvalue weighted by Crippen LogP contribution is -2.34. The van der Waals surface area contributed by atoms with Crippen molar-refractivity contribution in [3.8, 4) is 11.5 Å². The Morgan fingerprint density at radius 2 is 1.93 bits per heavy atom.